The van der Waals surface area contributed by atoms with Crippen molar-refractivity contribution in [1.29, 1.82) is 0 Å². The minimum Gasteiger partial charge on any atom is -0.345 e. The van der Waals surface area contributed by atoms with Crippen LogP contribution in [0.2, 0.25) is 0 Å². The molecule has 1 aromatic rings. The van der Waals surface area contributed by atoms with Crippen LogP contribution in [0, 0.1) is 25.7 Å². The molecular weight excluding hydrogens is 306 g/mol. The number of carbonyl (C=O) groups excluding carboxylic acids is 1. The highest BCUT2D eigenvalue weighted by Gasteiger charge is 2.27. The number of amides is 1. The third-order valence-corrected chi connectivity index (χ3v) is 4.91. The van der Waals surface area contributed by atoms with Gasteiger partial charge in [-0.3, -0.25) is 9.48 Å². The Balaban J connectivity index is 1.97. The molecule has 1 aliphatic rings. The fraction of sp³-hybridized carbons (Fsp3) is 0.714. The maximum absolute atomic E-state index is 12.3. The zero-order valence-corrected chi connectivity index (χ0v) is 13.7. The summed E-state index contributed by atoms with van der Waals surface area (Å²) in [5.41, 5.74) is 2.06. The standard InChI is InChI=1S/C14H22BrN3O/c1-9(14(19)17(4)8-12-5-6-12)7-18-11(3)13(15)10(2)16-18/h9,12H,5-8H2,1-4H3. The van der Waals surface area contributed by atoms with Crippen LogP contribution < -0.4 is 0 Å². The van der Waals surface area contributed by atoms with Gasteiger partial charge in [-0.15, -0.1) is 0 Å². The van der Waals surface area contributed by atoms with E-state index >= 15 is 0 Å². The van der Waals surface area contributed by atoms with Crippen molar-refractivity contribution in [2.75, 3.05) is 13.6 Å². The Morgan fingerprint density at radius 3 is 2.63 bits per heavy atom. The Labute approximate surface area is 123 Å². The number of aryl methyl sites for hydroxylation is 1. The summed E-state index contributed by atoms with van der Waals surface area (Å²) in [4.78, 5) is 14.2. The monoisotopic (exact) mass is 327 g/mol. The fourth-order valence-corrected chi connectivity index (χ4v) is 2.63. The molecule has 1 fully saturated rings. The second-order valence-corrected chi connectivity index (χ2v) is 6.52. The maximum Gasteiger partial charge on any atom is 0.227 e. The lowest BCUT2D eigenvalue weighted by atomic mass is 10.1. The third kappa shape index (κ3) is 3.38. The molecule has 1 atom stereocenters. The Morgan fingerprint density at radius 1 is 1.53 bits per heavy atom. The summed E-state index contributed by atoms with van der Waals surface area (Å²) in [7, 11) is 1.91. The average molecular weight is 328 g/mol. The van der Waals surface area contributed by atoms with Crippen molar-refractivity contribution in [2.45, 2.75) is 40.2 Å². The van der Waals surface area contributed by atoms with E-state index in [4.69, 9.17) is 0 Å². The van der Waals surface area contributed by atoms with Crippen LogP contribution in [0.3, 0.4) is 0 Å². The summed E-state index contributed by atoms with van der Waals surface area (Å²) in [5.74, 6) is 0.924. The number of rotatable bonds is 5. The molecule has 1 heterocycles. The molecule has 1 aliphatic carbocycles. The molecule has 0 saturated heterocycles. The van der Waals surface area contributed by atoms with E-state index < -0.39 is 0 Å². The van der Waals surface area contributed by atoms with Crippen molar-refractivity contribution in [3.05, 3.63) is 15.9 Å². The highest BCUT2D eigenvalue weighted by Crippen LogP contribution is 2.29. The van der Waals surface area contributed by atoms with E-state index in [-0.39, 0.29) is 11.8 Å². The first-order valence-electron chi connectivity index (χ1n) is 6.84. The predicted octanol–water partition coefficient (Wildman–Crippen LogP) is 2.77. The molecule has 2 rings (SSSR count). The molecule has 1 amide bonds. The Morgan fingerprint density at radius 2 is 2.16 bits per heavy atom. The van der Waals surface area contributed by atoms with Gasteiger partial charge < -0.3 is 4.90 Å². The molecule has 0 bridgehead atoms. The van der Waals surface area contributed by atoms with E-state index in [0.717, 1.165) is 28.3 Å². The van der Waals surface area contributed by atoms with E-state index in [1.54, 1.807) is 0 Å². The molecule has 19 heavy (non-hydrogen) atoms. The van der Waals surface area contributed by atoms with Crippen LogP contribution in [0.25, 0.3) is 0 Å². The second kappa shape index (κ2) is 5.65. The zero-order valence-electron chi connectivity index (χ0n) is 12.1. The lowest BCUT2D eigenvalue weighted by molar-refractivity contribution is -0.134. The summed E-state index contributed by atoms with van der Waals surface area (Å²) >= 11 is 3.52. The Hall–Kier alpha value is -0.840. The molecule has 1 aromatic heterocycles. The number of carbonyl (C=O) groups is 1. The van der Waals surface area contributed by atoms with E-state index in [2.05, 4.69) is 21.0 Å². The minimum absolute atomic E-state index is 0.0337. The quantitative estimate of drug-likeness (QED) is 0.834. The number of hydrogen-bond acceptors (Lipinski definition) is 2. The van der Waals surface area contributed by atoms with Gasteiger partial charge in [-0.1, -0.05) is 6.92 Å². The first-order valence-corrected chi connectivity index (χ1v) is 7.64. The highest BCUT2D eigenvalue weighted by molar-refractivity contribution is 9.10. The lowest BCUT2D eigenvalue weighted by Gasteiger charge is -2.21. The predicted molar refractivity (Wildman–Crippen MR) is 78.9 cm³/mol. The molecule has 0 radical (unpaired) electrons. The molecular formula is C14H22BrN3O. The van der Waals surface area contributed by atoms with E-state index in [0.29, 0.717) is 6.54 Å². The summed E-state index contributed by atoms with van der Waals surface area (Å²) in [5, 5.41) is 4.46. The average Bonchev–Trinajstić information content (AvgIpc) is 3.14. The lowest BCUT2D eigenvalue weighted by Crippen LogP contribution is -2.35. The molecule has 106 valence electrons. The second-order valence-electron chi connectivity index (χ2n) is 5.73. The molecule has 1 saturated carbocycles. The number of nitrogens with zero attached hydrogens (tertiary/aromatic N) is 3. The van der Waals surface area contributed by atoms with Crippen LogP contribution >= 0.6 is 15.9 Å². The highest BCUT2D eigenvalue weighted by atomic mass is 79.9. The van der Waals surface area contributed by atoms with Gasteiger partial charge in [0.1, 0.15) is 0 Å². The third-order valence-electron chi connectivity index (χ3n) is 3.77. The molecule has 0 aliphatic heterocycles. The van der Waals surface area contributed by atoms with Gasteiger partial charge in [0.05, 0.1) is 22.6 Å². The first-order chi connectivity index (χ1) is 8.90. The minimum atomic E-state index is -0.0337. The van der Waals surface area contributed by atoms with Gasteiger partial charge in [-0.05, 0) is 48.5 Å². The number of halogens is 1. The van der Waals surface area contributed by atoms with Crippen LogP contribution in [0.15, 0.2) is 4.47 Å². The fourth-order valence-electron chi connectivity index (χ4n) is 2.34. The summed E-state index contributed by atoms with van der Waals surface area (Å²) in [6.07, 6.45) is 2.55. The van der Waals surface area contributed by atoms with Crippen molar-refractivity contribution in [3.63, 3.8) is 0 Å². The molecule has 0 N–H and O–H groups in total. The number of aromatic nitrogens is 2. The van der Waals surface area contributed by atoms with Gasteiger partial charge in [0.2, 0.25) is 5.91 Å². The topological polar surface area (TPSA) is 38.1 Å². The van der Waals surface area contributed by atoms with Gasteiger partial charge in [0, 0.05) is 19.3 Å². The molecule has 1 unspecified atom stereocenters. The van der Waals surface area contributed by atoms with Crippen molar-refractivity contribution < 1.29 is 4.79 Å². The van der Waals surface area contributed by atoms with Crippen LogP contribution in [0.4, 0.5) is 0 Å². The molecule has 0 aromatic carbocycles. The van der Waals surface area contributed by atoms with Crippen LogP contribution in [-0.4, -0.2) is 34.2 Å². The largest absolute Gasteiger partial charge is 0.345 e. The van der Waals surface area contributed by atoms with E-state index in [1.807, 2.05) is 37.4 Å². The molecule has 0 spiro atoms. The normalized spacial score (nSPS) is 16.5. The number of hydrogen-bond donors (Lipinski definition) is 0. The van der Waals surface area contributed by atoms with Crippen molar-refractivity contribution in [1.82, 2.24) is 14.7 Å². The van der Waals surface area contributed by atoms with Crippen molar-refractivity contribution in [3.8, 4) is 0 Å². The maximum atomic E-state index is 12.3. The van der Waals surface area contributed by atoms with E-state index in [9.17, 15) is 4.79 Å². The Bertz CT molecular complexity index is 479. The SMILES string of the molecule is Cc1nn(CC(C)C(=O)N(C)CC2CC2)c(C)c1Br. The summed E-state index contributed by atoms with van der Waals surface area (Å²) < 4.78 is 2.96. The molecule has 4 nitrogen and oxygen atoms in total. The van der Waals surface area contributed by atoms with Gasteiger partial charge in [-0.25, -0.2) is 0 Å². The summed E-state index contributed by atoms with van der Waals surface area (Å²) in [6, 6.07) is 0. The first kappa shape index (κ1) is 14.6. The zero-order chi connectivity index (χ0) is 14.2. The van der Waals surface area contributed by atoms with E-state index in [1.165, 1.54) is 12.8 Å². The van der Waals surface area contributed by atoms with Gasteiger partial charge in [-0.2, -0.15) is 5.10 Å². The van der Waals surface area contributed by atoms with Gasteiger partial charge >= 0.3 is 0 Å². The van der Waals surface area contributed by atoms with Crippen molar-refractivity contribution >= 4 is 21.8 Å². The van der Waals surface area contributed by atoms with Gasteiger partial charge in [0.15, 0.2) is 0 Å². The van der Waals surface area contributed by atoms with Gasteiger partial charge in [0.25, 0.3) is 0 Å². The van der Waals surface area contributed by atoms with Crippen LogP contribution in [0.1, 0.15) is 31.2 Å². The smallest absolute Gasteiger partial charge is 0.227 e. The van der Waals surface area contributed by atoms with Crippen LogP contribution in [0.5, 0.6) is 0 Å². The Kier molecular flexibility index (Phi) is 4.33. The van der Waals surface area contributed by atoms with Crippen LogP contribution in [-0.2, 0) is 11.3 Å². The van der Waals surface area contributed by atoms with Crippen molar-refractivity contribution in [2.24, 2.45) is 11.8 Å². The molecule has 5 heteroatoms. The summed E-state index contributed by atoms with van der Waals surface area (Å²) in [6.45, 7) is 7.53.